The number of nitrogens with zero attached hydrogens (tertiary/aromatic N) is 2. The van der Waals surface area contributed by atoms with Gasteiger partial charge in [0.15, 0.2) is 5.11 Å². The van der Waals surface area contributed by atoms with E-state index in [1.54, 1.807) is 0 Å². The van der Waals surface area contributed by atoms with Gasteiger partial charge in [0.1, 0.15) is 0 Å². The first-order valence-electron chi connectivity index (χ1n) is 12.1. The van der Waals surface area contributed by atoms with Gasteiger partial charge in [-0.15, -0.1) is 0 Å². The first-order chi connectivity index (χ1) is 16.5. The van der Waals surface area contributed by atoms with Crippen molar-refractivity contribution < 1.29 is 4.74 Å². The van der Waals surface area contributed by atoms with E-state index in [1.165, 1.54) is 11.1 Å². The smallest absolute Gasteiger partial charge is 0.253 e. The highest BCUT2D eigenvalue weighted by Gasteiger charge is 2.16. The molecule has 2 heterocycles. The number of benzene rings is 2. The number of rotatable bonds is 8. The maximum Gasteiger partial charge on any atom is 0.253 e. The Morgan fingerprint density at radius 3 is 2.65 bits per heavy atom. The highest BCUT2D eigenvalue weighted by atomic mass is 32.1. The van der Waals surface area contributed by atoms with Crippen molar-refractivity contribution in [3.05, 3.63) is 75.6 Å². The molecule has 6 nitrogen and oxygen atoms in total. The minimum atomic E-state index is -0.0652. The lowest BCUT2D eigenvalue weighted by molar-refractivity contribution is 0.0367. The molecule has 0 radical (unpaired) electrons. The summed E-state index contributed by atoms with van der Waals surface area (Å²) >= 11 is 5.82. The average molecular weight is 479 g/mol. The molecule has 0 unspecified atom stereocenters. The number of anilines is 1. The molecule has 1 aliphatic heterocycles. The van der Waals surface area contributed by atoms with Gasteiger partial charge in [0.05, 0.1) is 19.8 Å². The van der Waals surface area contributed by atoms with Crippen molar-refractivity contribution in [3.63, 3.8) is 0 Å². The number of nitrogens with one attached hydrogen (secondary N) is 2. The number of hydrogen-bond donors (Lipinski definition) is 2. The topological polar surface area (TPSA) is 60.6 Å². The molecule has 1 aromatic heterocycles. The Hall–Kier alpha value is -2.74. The summed E-state index contributed by atoms with van der Waals surface area (Å²) in [6, 6.07) is 16.4. The van der Waals surface area contributed by atoms with Gasteiger partial charge in [-0.25, -0.2) is 0 Å². The van der Waals surface area contributed by atoms with E-state index in [0.29, 0.717) is 11.7 Å². The second-order valence-corrected chi connectivity index (χ2v) is 9.31. The molecule has 180 valence electrons. The third-order valence-electron chi connectivity index (χ3n) is 6.34. The monoisotopic (exact) mass is 478 g/mol. The summed E-state index contributed by atoms with van der Waals surface area (Å²) in [5.74, 6) is 0. The lowest BCUT2D eigenvalue weighted by Gasteiger charge is -2.29. The summed E-state index contributed by atoms with van der Waals surface area (Å²) in [5, 5.41) is 5.05. The molecule has 7 heteroatoms. The molecule has 0 saturated carbocycles. The minimum absolute atomic E-state index is 0.0652. The third kappa shape index (κ3) is 6.44. The van der Waals surface area contributed by atoms with Gasteiger partial charge in [0, 0.05) is 42.9 Å². The zero-order valence-corrected chi connectivity index (χ0v) is 20.9. The summed E-state index contributed by atoms with van der Waals surface area (Å²) in [4.78, 5) is 20.4. The second-order valence-electron chi connectivity index (χ2n) is 8.92. The average Bonchev–Trinajstić information content (AvgIpc) is 2.85. The van der Waals surface area contributed by atoms with E-state index in [2.05, 4.69) is 64.3 Å². The molecule has 4 rings (SSSR count). The van der Waals surface area contributed by atoms with Crippen molar-refractivity contribution in [2.45, 2.75) is 33.2 Å². The van der Waals surface area contributed by atoms with Gasteiger partial charge in [-0.1, -0.05) is 30.7 Å². The number of morpholine rings is 1. The molecule has 0 spiro atoms. The fourth-order valence-electron chi connectivity index (χ4n) is 4.28. The van der Waals surface area contributed by atoms with Crippen molar-refractivity contribution in [1.29, 1.82) is 0 Å². The number of aromatic nitrogens is 1. The summed E-state index contributed by atoms with van der Waals surface area (Å²) in [6.45, 7) is 9.94. The van der Waals surface area contributed by atoms with Crippen LogP contribution in [0, 0.1) is 6.92 Å². The molecular weight excluding hydrogens is 444 g/mol. The van der Waals surface area contributed by atoms with Crippen LogP contribution < -0.4 is 10.9 Å². The predicted octanol–water partition coefficient (Wildman–Crippen LogP) is 4.32. The SMILES string of the molecule is CCc1ccc(NC(=S)N(CCCN2CCOCC2)Cc2cc3cc(C)ccc3[nH]c2=O)cc1. The molecule has 0 amide bonds. The van der Waals surface area contributed by atoms with E-state index in [1.807, 2.05) is 18.2 Å². The van der Waals surface area contributed by atoms with E-state index in [-0.39, 0.29) is 5.56 Å². The van der Waals surface area contributed by atoms with Crippen LogP contribution in [-0.2, 0) is 17.7 Å². The summed E-state index contributed by atoms with van der Waals surface area (Å²) in [6.07, 6.45) is 1.96. The van der Waals surface area contributed by atoms with Crippen LogP contribution in [-0.4, -0.2) is 59.3 Å². The molecular formula is C27H34N4O2S. The first kappa shape index (κ1) is 24.4. The maximum atomic E-state index is 12.9. The molecule has 0 atom stereocenters. The van der Waals surface area contributed by atoms with E-state index >= 15 is 0 Å². The fraction of sp³-hybridized carbons (Fsp3) is 0.407. The van der Waals surface area contributed by atoms with Crippen molar-refractivity contribution in [3.8, 4) is 0 Å². The van der Waals surface area contributed by atoms with Crippen LogP contribution in [0.15, 0.2) is 53.3 Å². The lowest BCUT2D eigenvalue weighted by atomic mass is 10.1. The summed E-state index contributed by atoms with van der Waals surface area (Å²) < 4.78 is 5.46. The van der Waals surface area contributed by atoms with Crippen LogP contribution in [0.1, 0.15) is 30.0 Å². The Morgan fingerprint density at radius 1 is 1.15 bits per heavy atom. The van der Waals surface area contributed by atoms with Crippen LogP contribution in [0.2, 0.25) is 0 Å². The van der Waals surface area contributed by atoms with Gasteiger partial charge < -0.3 is 19.9 Å². The van der Waals surface area contributed by atoms with E-state index in [9.17, 15) is 4.79 Å². The van der Waals surface area contributed by atoms with Crippen molar-refractivity contribution in [1.82, 2.24) is 14.8 Å². The van der Waals surface area contributed by atoms with Gasteiger partial charge in [0.2, 0.25) is 0 Å². The number of fused-ring (bicyclic) bond motifs is 1. The molecule has 0 aliphatic carbocycles. The molecule has 1 fully saturated rings. The minimum Gasteiger partial charge on any atom is -0.379 e. The van der Waals surface area contributed by atoms with E-state index < -0.39 is 0 Å². The molecule has 2 N–H and O–H groups in total. The highest BCUT2D eigenvalue weighted by molar-refractivity contribution is 7.80. The second kappa shape index (κ2) is 11.6. The standard InChI is InChI=1S/C27H34N4O2S/c1-3-21-6-8-24(9-7-21)28-27(34)31(12-4-11-30-13-15-33-16-14-30)19-23-18-22-17-20(2)5-10-25(22)29-26(23)32/h5-10,17-18H,3-4,11-16,19H2,1-2H3,(H,28,34)(H,29,32). The molecule has 0 bridgehead atoms. The van der Waals surface area contributed by atoms with Gasteiger partial charge >= 0.3 is 0 Å². The van der Waals surface area contributed by atoms with Crippen LogP contribution in [0.5, 0.6) is 0 Å². The Labute approximate surface area is 206 Å². The summed E-state index contributed by atoms with van der Waals surface area (Å²) in [7, 11) is 0. The number of hydrogen-bond acceptors (Lipinski definition) is 4. The largest absolute Gasteiger partial charge is 0.379 e. The predicted molar refractivity (Wildman–Crippen MR) is 144 cm³/mol. The van der Waals surface area contributed by atoms with Gasteiger partial charge in [-0.05, 0) is 73.3 Å². The van der Waals surface area contributed by atoms with Crippen LogP contribution in [0.3, 0.4) is 0 Å². The lowest BCUT2D eigenvalue weighted by Crippen LogP contribution is -2.40. The van der Waals surface area contributed by atoms with Gasteiger partial charge in [0.25, 0.3) is 5.56 Å². The highest BCUT2D eigenvalue weighted by Crippen LogP contribution is 2.16. The van der Waals surface area contributed by atoms with Crippen molar-refractivity contribution in [2.24, 2.45) is 0 Å². The van der Waals surface area contributed by atoms with Crippen LogP contribution in [0.25, 0.3) is 10.9 Å². The first-order valence-corrected chi connectivity index (χ1v) is 12.5. The molecule has 34 heavy (non-hydrogen) atoms. The zero-order chi connectivity index (χ0) is 23.9. The summed E-state index contributed by atoms with van der Waals surface area (Å²) in [5.41, 5.74) is 4.93. The van der Waals surface area contributed by atoms with E-state index in [4.69, 9.17) is 17.0 Å². The molecule has 2 aromatic carbocycles. The Balaban J connectivity index is 1.50. The van der Waals surface area contributed by atoms with Gasteiger partial charge in [-0.2, -0.15) is 0 Å². The molecule has 3 aromatic rings. The zero-order valence-electron chi connectivity index (χ0n) is 20.1. The van der Waals surface area contributed by atoms with Crippen LogP contribution in [0.4, 0.5) is 5.69 Å². The Bertz CT molecular complexity index is 1170. The molecule has 1 saturated heterocycles. The maximum absolute atomic E-state index is 12.9. The Kier molecular flexibility index (Phi) is 8.32. The van der Waals surface area contributed by atoms with Crippen molar-refractivity contribution in [2.75, 3.05) is 44.7 Å². The third-order valence-corrected chi connectivity index (χ3v) is 6.70. The number of H-pyrrole nitrogens is 1. The number of ether oxygens (including phenoxy) is 1. The fourth-order valence-corrected chi connectivity index (χ4v) is 4.56. The Morgan fingerprint density at radius 2 is 1.91 bits per heavy atom. The quantitative estimate of drug-likeness (QED) is 0.470. The number of aryl methyl sites for hydroxylation is 2. The van der Waals surface area contributed by atoms with Crippen molar-refractivity contribution >= 4 is 33.9 Å². The normalized spacial score (nSPS) is 14.3. The van der Waals surface area contributed by atoms with Crippen LogP contribution >= 0.6 is 12.2 Å². The van der Waals surface area contributed by atoms with E-state index in [0.717, 1.165) is 74.4 Å². The molecule has 1 aliphatic rings. The number of pyridine rings is 1. The number of aromatic amines is 1. The number of thiocarbonyl (C=S) groups is 1. The van der Waals surface area contributed by atoms with Gasteiger partial charge in [-0.3, -0.25) is 9.69 Å².